The fraction of sp³-hybridized carbons (Fsp3) is 0.333. The Balaban J connectivity index is 2.11. The molecular formula is C21H24. The molecule has 0 saturated heterocycles. The summed E-state index contributed by atoms with van der Waals surface area (Å²) < 4.78 is 0. The van der Waals surface area contributed by atoms with Crippen LogP contribution >= 0.6 is 0 Å². The van der Waals surface area contributed by atoms with E-state index >= 15 is 0 Å². The summed E-state index contributed by atoms with van der Waals surface area (Å²) in [6.07, 6.45) is 18.3. The van der Waals surface area contributed by atoms with Gasteiger partial charge in [0.2, 0.25) is 0 Å². The summed E-state index contributed by atoms with van der Waals surface area (Å²) in [4.78, 5) is 0. The second kappa shape index (κ2) is 5.89. The highest BCUT2D eigenvalue weighted by Gasteiger charge is 2.34. The average Bonchev–Trinajstić information content (AvgIpc) is 2.56. The second-order valence-electron chi connectivity index (χ2n) is 6.31. The molecule has 0 amide bonds. The number of rotatable bonds is 3. The van der Waals surface area contributed by atoms with Crippen LogP contribution in [0, 0.1) is 6.92 Å². The minimum absolute atomic E-state index is 0.0449. The van der Waals surface area contributed by atoms with Crippen molar-refractivity contribution in [2.75, 3.05) is 0 Å². The maximum Gasteiger partial charge on any atom is 0.0348 e. The largest absolute Gasteiger partial charge is 0.0842 e. The molecule has 0 atom stereocenters. The first-order valence-corrected chi connectivity index (χ1v) is 8.01. The van der Waals surface area contributed by atoms with Crippen LogP contribution in [0.2, 0.25) is 0 Å². The molecule has 1 aromatic rings. The number of aryl methyl sites for hydroxylation is 1. The predicted octanol–water partition coefficient (Wildman–Crippen LogP) is 5.81. The Kier molecular flexibility index (Phi) is 3.96. The van der Waals surface area contributed by atoms with Crippen LogP contribution in [0.15, 0.2) is 71.9 Å². The molecule has 108 valence electrons. The van der Waals surface area contributed by atoms with Crippen molar-refractivity contribution >= 4 is 0 Å². The van der Waals surface area contributed by atoms with Crippen LogP contribution in [0.5, 0.6) is 0 Å². The molecule has 0 aromatic heterocycles. The Labute approximate surface area is 128 Å². The third-order valence-corrected chi connectivity index (χ3v) is 4.94. The Morgan fingerprint density at radius 2 is 1.33 bits per heavy atom. The van der Waals surface area contributed by atoms with Crippen LogP contribution in [0.4, 0.5) is 0 Å². The Bertz CT molecular complexity index is 589. The van der Waals surface area contributed by atoms with Crippen LogP contribution in [-0.2, 0) is 5.41 Å². The minimum atomic E-state index is 0.0449. The van der Waals surface area contributed by atoms with Crippen molar-refractivity contribution in [2.24, 2.45) is 0 Å². The summed E-state index contributed by atoms with van der Waals surface area (Å²) in [6.45, 7) is 4.57. The highest BCUT2D eigenvalue weighted by molar-refractivity contribution is 5.49. The molecule has 0 unspecified atom stereocenters. The van der Waals surface area contributed by atoms with Crippen molar-refractivity contribution in [1.29, 1.82) is 0 Å². The van der Waals surface area contributed by atoms with Gasteiger partial charge in [-0.2, -0.15) is 0 Å². The summed E-state index contributed by atoms with van der Waals surface area (Å²) in [5.41, 5.74) is 5.90. The maximum atomic E-state index is 2.41. The van der Waals surface area contributed by atoms with Crippen molar-refractivity contribution < 1.29 is 0 Å². The van der Waals surface area contributed by atoms with Gasteiger partial charge in [0.15, 0.2) is 0 Å². The van der Waals surface area contributed by atoms with Crippen LogP contribution in [-0.4, -0.2) is 0 Å². The van der Waals surface area contributed by atoms with E-state index in [9.17, 15) is 0 Å². The van der Waals surface area contributed by atoms with E-state index in [4.69, 9.17) is 0 Å². The van der Waals surface area contributed by atoms with E-state index in [0.29, 0.717) is 0 Å². The zero-order chi connectivity index (χ0) is 14.7. The third-order valence-electron chi connectivity index (χ3n) is 4.94. The van der Waals surface area contributed by atoms with Gasteiger partial charge in [0.25, 0.3) is 0 Å². The number of hydrogen-bond acceptors (Lipinski definition) is 0. The van der Waals surface area contributed by atoms with E-state index in [1.165, 1.54) is 24.0 Å². The Morgan fingerprint density at radius 1 is 0.810 bits per heavy atom. The lowest BCUT2D eigenvalue weighted by molar-refractivity contribution is 0.590. The second-order valence-corrected chi connectivity index (χ2v) is 6.31. The van der Waals surface area contributed by atoms with Crippen LogP contribution in [0.1, 0.15) is 43.7 Å². The van der Waals surface area contributed by atoms with Gasteiger partial charge in [-0.1, -0.05) is 77.4 Å². The SMILES string of the molecule is Cc1ccc(C(C)(C2=CC=CCC2)C2=CC=CCC2)cc1. The summed E-state index contributed by atoms with van der Waals surface area (Å²) in [7, 11) is 0. The van der Waals surface area contributed by atoms with Crippen molar-refractivity contribution in [1.82, 2.24) is 0 Å². The molecule has 0 nitrogen and oxygen atoms in total. The molecule has 0 heterocycles. The van der Waals surface area contributed by atoms with Gasteiger partial charge in [0, 0.05) is 5.41 Å². The van der Waals surface area contributed by atoms with Crippen molar-refractivity contribution in [3.8, 4) is 0 Å². The number of benzene rings is 1. The first-order valence-electron chi connectivity index (χ1n) is 8.01. The minimum Gasteiger partial charge on any atom is -0.0842 e. The quantitative estimate of drug-likeness (QED) is 0.654. The molecule has 0 heteroatoms. The molecule has 3 rings (SSSR count). The smallest absolute Gasteiger partial charge is 0.0348 e. The van der Waals surface area contributed by atoms with Gasteiger partial charge in [0.1, 0.15) is 0 Å². The molecule has 1 aromatic carbocycles. The van der Waals surface area contributed by atoms with Crippen molar-refractivity contribution in [3.05, 3.63) is 83.0 Å². The lowest BCUT2D eigenvalue weighted by atomic mass is 9.66. The zero-order valence-corrected chi connectivity index (χ0v) is 13.1. The first kappa shape index (κ1) is 14.1. The van der Waals surface area contributed by atoms with Gasteiger partial charge in [-0.25, -0.2) is 0 Å². The Morgan fingerprint density at radius 3 is 1.76 bits per heavy atom. The van der Waals surface area contributed by atoms with Gasteiger partial charge in [-0.15, -0.1) is 0 Å². The molecule has 0 bridgehead atoms. The molecular weight excluding hydrogens is 252 g/mol. The normalized spacial score (nSPS) is 18.4. The molecule has 0 N–H and O–H groups in total. The highest BCUT2D eigenvalue weighted by atomic mass is 14.4. The van der Waals surface area contributed by atoms with E-state index in [1.54, 1.807) is 11.1 Å². The van der Waals surface area contributed by atoms with Gasteiger partial charge in [-0.05, 0) is 45.1 Å². The summed E-state index contributed by atoms with van der Waals surface area (Å²) in [5.74, 6) is 0. The zero-order valence-electron chi connectivity index (χ0n) is 13.1. The van der Waals surface area contributed by atoms with Crippen molar-refractivity contribution in [3.63, 3.8) is 0 Å². The van der Waals surface area contributed by atoms with Gasteiger partial charge < -0.3 is 0 Å². The average molecular weight is 276 g/mol. The number of hydrogen-bond donors (Lipinski definition) is 0. The van der Waals surface area contributed by atoms with E-state index < -0.39 is 0 Å². The molecule has 0 spiro atoms. The molecule has 21 heavy (non-hydrogen) atoms. The monoisotopic (exact) mass is 276 g/mol. The maximum absolute atomic E-state index is 2.41. The van der Waals surface area contributed by atoms with E-state index in [0.717, 1.165) is 12.8 Å². The van der Waals surface area contributed by atoms with E-state index in [-0.39, 0.29) is 5.41 Å². The highest BCUT2D eigenvalue weighted by Crippen LogP contribution is 2.44. The molecule has 2 aliphatic rings. The van der Waals surface area contributed by atoms with Gasteiger partial charge >= 0.3 is 0 Å². The summed E-state index contributed by atoms with van der Waals surface area (Å²) in [6, 6.07) is 9.11. The first-order chi connectivity index (χ1) is 10.2. The molecule has 0 fully saturated rings. The van der Waals surface area contributed by atoms with Gasteiger partial charge in [-0.3, -0.25) is 0 Å². The summed E-state index contributed by atoms with van der Waals surface area (Å²) in [5, 5.41) is 0. The fourth-order valence-electron chi connectivity index (χ4n) is 3.50. The Hall–Kier alpha value is -1.82. The third kappa shape index (κ3) is 2.68. The number of allylic oxidation sites excluding steroid dienone is 8. The van der Waals surface area contributed by atoms with Gasteiger partial charge in [0.05, 0.1) is 0 Å². The van der Waals surface area contributed by atoms with Crippen LogP contribution in [0.25, 0.3) is 0 Å². The molecule has 2 aliphatic carbocycles. The lowest BCUT2D eigenvalue weighted by Crippen LogP contribution is -2.28. The standard InChI is InChI=1S/C21H24/c1-17-13-15-20(16-14-17)21(2,18-9-5-3-6-10-18)19-11-7-4-8-12-19/h3-5,7,9,11,13-16H,6,8,10,12H2,1-2H3. The van der Waals surface area contributed by atoms with Crippen LogP contribution < -0.4 is 0 Å². The van der Waals surface area contributed by atoms with E-state index in [2.05, 4.69) is 74.6 Å². The molecule has 0 saturated carbocycles. The molecule has 0 aliphatic heterocycles. The van der Waals surface area contributed by atoms with E-state index in [1.807, 2.05) is 0 Å². The van der Waals surface area contributed by atoms with Crippen molar-refractivity contribution in [2.45, 2.75) is 44.9 Å². The lowest BCUT2D eigenvalue weighted by Gasteiger charge is -2.37. The predicted molar refractivity (Wildman–Crippen MR) is 91.4 cm³/mol. The summed E-state index contributed by atoms with van der Waals surface area (Å²) >= 11 is 0. The molecule has 0 radical (unpaired) electrons. The fourth-order valence-corrected chi connectivity index (χ4v) is 3.50. The topological polar surface area (TPSA) is 0 Å². The van der Waals surface area contributed by atoms with Crippen LogP contribution in [0.3, 0.4) is 0 Å².